The van der Waals surface area contributed by atoms with Gasteiger partial charge in [-0.2, -0.15) is 0 Å². The van der Waals surface area contributed by atoms with E-state index < -0.39 is 0 Å². The third kappa shape index (κ3) is 3.61. The number of alkyl halides is 1. The first-order valence-electron chi connectivity index (χ1n) is 6.16. The first-order valence-corrected chi connectivity index (χ1v) is 6.69. The standard InChI is InChI=1S/C15H16ClNO2/c1-3-18-13-5-4-6-14(9-13)19-15-8-7-12(10-16)11(2)17-15/h4-9H,3,10H2,1-2H3. The highest BCUT2D eigenvalue weighted by Gasteiger charge is 2.04. The molecular formula is C15H16ClNO2. The summed E-state index contributed by atoms with van der Waals surface area (Å²) in [5.41, 5.74) is 1.89. The number of pyridine rings is 1. The average molecular weight is 278 g/mol. The molecule has 0 radical (unpaired) electrons. The van der Waals surface area contributed by atoms with Crippen LogP contribution >= 0.6 is 11.6 Å². The van der Waals surface area contributed by atoms with Crippen molar-refractivity contribution < 1.29 is 9.47 Å². The van der Waals surface area contributed by atoms with Crippen molar-refractivity contribution in [1.29, 1.82) is 0 Å². The van der Waals surface area contributed by atoms with E-state index in [1.807, 2.05) is 50.2 Å². The molecular weight excluding hydrogens is 262 g/mol. The van der Waals surface area contributed by atoms with Crippen molar-refractivity contribution in [2.24, 2.45) is 0 Å². The quantitative estimate of drug-likeness (QED) is 0.763. The molecule has 100 valence electrons. The summed E-state index contributed by atoms with van der Waals surface area (Å²) in [4.78, 5) is 4.37. The molecule has 0 aliphatic rings. The molecule has 0 saturated heterocycles. The van der Waals surface area contributed by atoms with Crippen molar-refractivity contribution in [3.8, 4) is 17.4 Å². The third-order valence-corrected chi connectivity index (χ3v) is 2.94. The van der Waals surface area contributed by atoms with Crippen LogP contribution in [0.2, 0.25) is 0 Å². The third-order valence-electron chi connectivity index (χ3n) is 2.65. The van der Waals surface area contributed by atoms with E-state index >= 15 is 0 Å². The fourth-order valence-corrected chi connectivity index (χ4v) is 1.96. The summed E-state index contributed by atoms with van der Waals surface area (Å²) in [6.45, 7) is 4.50. The lowest BCUT2D eigenvalue weighted by atomic mass is 10.2. The molecule has 4 heteroatoms. The van der Waals surface area contributed by atoms with E-state index in [9.17, 15) is 0 Å². The molecule has 2 aromatic rings. The van der Waals surface area contributed by atoms with Crippen LogP contribution in [0.15, 0.2) is 36.4 Å². The van der Waals surface area contributed by atoms with Crippen molar-refractivity contribution in [2.45, 2.75) is 19.7 Å². The molecule has 0 N–H and O–H groups in total. The Kier molecular flexibility index (Phi) is 4.63. The second kappa shape index (κ2) is 6.43. The van der Waals surface area contributed by atoms with E-state index in [-0.39, 0.29) is 0 Å². The second-order valence-electron chi connectivity index (χ2n) is 4.04. The maximum absolute atomic E-state index is 5.80. The fourth-order valence-electron chi connectivity index (χ4n) is 1.68. The van der Waals surface area contributed by atoms with E-state index in [0.29, 0.717) is 24.1 Å². The van der Waals surface area contributed by atoms with Gasteiger partial charge in [-0.05, 0) is 31.5 Å². The summed E-state index contributed by atoms with van der Waals surface area (Å²) in [5.74, 6) is 2.50. The normalized spacial score (nSPS) is 10.3. The van der Waals surface area contributed by atoms with Crippen molar-refractivity contribution in [3.63, 3.8) is 0 Å². The highest BCUT2D eigenvalue weighted by Crippen LogP contribution is 2.25. The zero-order chi connectivity index (χ0) is 13.7. The summed E-state index contributed by atoms with van der Waals surface area (Å²) in [5, 5.41) is 0. The minimum absolute atomic E-state index is 0.457. The Balaban J connectivity index is 2.16. The summed E-state index contributed by atoms with van der Waals surface area (Å²) >= 11 is 5.80. The number of aromatic nitrogens is 1. The number of hydrogen-bond acceptors (Lipinski definition) is 3. The SMILES string of the molecule is CCOc1cccc(Oc2ccc(CCl)c(C)n2)c1. The number of benzene rings is 1. The summed E-state index contributed by atoms with van der Waals surface area (Å²) < 4.78 is 11.1. The largest absolute Gasteiger partial charge is 0.494 e. The summed E-state index contributed by atoms with van der Waals surface area (Å²) in [6, 6.07) is 11.2. The van der Waals surface area contributed by atoms with Gasteiger partial charge in [0.15, 0.2) is 0 Å². The van der Waals surface area contributed by atoms with Crippen molar-refractivity contribution >= 4 is 11.6 Å². The van der Waals surface area contributed by atoms with Gasteiger partial charge in [0.2, 0.25) is 5.88 Å². The highest BCUT2D eigenvalue weighted by molar-refractivity contribution is 6.17. The lowest BCUT2D eigenvalue weighted by molar-refractivity contribution is 0.338. The van der Waals surface area contributed by atoms with E-state index in [4.69, 9.17) is 21.1 Å². The molecule has 0 amide bonds. The Morgan fingerprint density at radius 3 is 2.63 bits per heavy atom. The number of rotatable bonds is 5. The van der Waals surface area contributed by atoms with Crippen LogP contribution in [0.4, 0.5) is 0 Å². The van der Waals surface area contributed by atoms with Crippen LogP contribution in [-0.4, -0.2) is 11.6 Å². The molecule has 19 heavy (non-hydrogen) atoms. The van der Waals surface area contributed by atoms with Gasteiger partial charge in [0.05, 0.1) is 6.61 Å². The van der Waals surface area contributed by atoms with E-state index in [2.05, 4.69) is 4.98 Å². The first kappa shape index (κ1) is 13.7. The number of hydrogen-bond donors (Lipinski definition) is 0. The Morgan fingerprint density at radius 2 is 1.95 bits per heavy atom. The van der Waals surface area contributed by atoms with Crippen LogP contribution in [0.1, 0.15) is 18.2 Å². The van der Waals surface area contributed by atoms with E-state index in [0.717, 1.165) is 17.0 Å². The molecule has 2 rings (SSSR count). The molecule has 0 bridgehead atoms. The lowest BCUT2D eigenvalue weighted by Gasteiger charge is -2.09. The Hall–Kier alpha value is -1.74. The Morgan fingerprint density at radius 1 is 1.16 bits per heavy atom. The first-order chi connectivity index (χ1) is 9.22. The molecule has 0 fully saturated rings. The van der Waals surface area contributed by atoms with Crippen molar-refractivity contribution in [1.82, 2.24) is 4.98 Å². The molecule has 1 aromatic heterocycles. The smallest absolute Gasteiger partial charge is 0.219 e. The molecule has 0 spiro atoms. The zero-order valence-electron chi connectivity index (χ0n) is 11.0. The topological polar surface area (TPSA) is 31.4 Å². The molecule has 0 aliphatic heterocycles. The number of ether oxygens (including phenoxy) is 2. The predicted octanol–water partition coefficient (Wildman–Crippen LogP) is 4.32. The molecule has 0 aliphatic carbocycles. The molecule has 0 saturated carbocycles. The van der Waals surface area contributed by atoms with Gasteiger partial charge in [-0.1, -0.05) is 12.1 Å². The van der Waals surface area contributed by atoms with Crippen molar-refractivity contribution in [3.05, 3.63) is 47.7 Å². The second-order valence-corrected chi connectivity index (χ2v) is 4.30. The van der Waals surface area contributed by atoms with Gasteiger partial charge in [-0.3, -0.25) is 0 Å². The molecule has 0 atom stereocenters. The number of halogens is 1. The maximum atomic E-state index is 5.80. The predicted molar refractivity (Wildman–Crippen MR) is 76.2 cm³/mol. The monoisotopic (exact) mass is 277 g/mol. The Labute approximate surface area is 118 Å². The van der Waals surface area contributed by atoms with Gasteiger partial charge in [0, 0.05) is 23.7 Å². The maximum Gasteiger partial charge on any atom is 0.219 e. The summed E-state index contributed by atoms with van der Waals surface area (Å²) in [6.07, 6.45) is 0. The van der Waals surface area contributed by atoms with Gasteiger partial charge in [0.1, 0.15) is 11.5 Å². The number of nitrogens with zero attached hydrogens (tertiary/aromatic N) is 1. The van der Waals surface area contributed by atoms with Crippen LogP contribution in [-0.2, 0) is 5.88 Å². The zero-order valence-corrected chi connectivity index (χ0v) is 11.8. The van der Waals surface area contributed by atoms with Gasteiger partial charge >= 0.3 is 0 Å². The lowest BCUT2D eigenvalue weighted by Crippen LogP contribution is -1.95. The summed E-state index contributed by atoms with van der Waals surface area (Å²) in [7, 11) is 0. The molecule has 0 unspecified atom stereocenters. The number of aryl methyl sites for hydroxylation is 1. The van der Waals surface area contributed by atoms with Crippen molar-refractivity contribution in [2.75, 3.05) is 6.61 Å². The minimum atomic E-state index is 0.457. The highest BCUT2D eigenvalue weighted by atomic mass is 35.5. The minimum Gasteiger partial charge on any atom is -0.494 e. The van der Waals surface area contributed by atoms with Crippen LogP contribution in [0.25, 0.3) is 0 Å². The molecule has 3 nitrogen and oxygen atoms in total. The van der Waals surface area contributed by atoms with Crippen LogP contribution in [0.5, 0.6) is 17.4 Å². The van der Waals surface area contributed by atoms with Crippen LogP contribution in [0.3, 0.4) is 0 Å². The molecule has 1 aromatic carbocycles. The van der Waals surface area contributed by atoms with Gasteiger partial charge < -0.3 is 9.47 Å². The van der Waals surface area contributed by atoms with Gasteiger partial charge in [-0.15, -0.1) is 11.6 Å². The fraction of sp³-hybridized carbons (Fsp3) is 0.267. The van der Waals surface area contributed by atoms with E-state index in [1.54, 1.807) is 0 Å². The van der Waals surface area contributed by atoms with Gasteiger partial charge in [-0.25, -0.2) is 4.98 Å². The average Bonchev–Trinajstić information content (AvgIpc) is 2.40. The molecule has 1 heterocycles. The van der Waals surface area contributed by atoms with Gasteiger partial charge in [0.25, 0.3) is 0 Å². The van der Waals surface area contributed by atoms with Crippen LogP contribution < -0.4 is 9.47 Å². The van der Waals surface area contributed by atoms with Crippen LogP contribution in [0, 0.1) is 6.92 Å². The Bertz CT molecular complexity index is 558. The van der Waals surface area contributed by atoms with E-state index in [1.165, 1.54) is 0 Å².